The lowest BCUT2D eigenvalue weighted by Crippen LogP contribution is -2.36. The summed E-state index contributed by atoms with van der Waals surface area (Å²) >= 11 is 0. The minimum Gasteiger partial charge on any atom is -0.355 e. The third-order valence-corrected chi connectivity index (χ3v) is 5.61. The monoisotopic (exact) mass is 335 g/mol. The summed E-state index contributed by atoms with van der Waals surface area (Å²) in [4.78, 5) is 22.1. The summed E-state index contributed by atoms with van der Waals surface area (Å²) in [5, 5.41) is 0. The second-order valence-electron chi connectivity index (χ2n) is 7.55. The van der Waals surface area contributed by atoms with Crippen LogP contribution in [-0.4, -0.2) is 35.4 Å². The van der Waals surface area contributed by atoms with Crippen molar-refractivity contribution in [2.75, 3.05) is 24.5 Å². The van der Waals surface area contributed by atoms with Crippen molar-refractivity contribution in [3.63, 3.8) is 0 Å². The van der Waals surface area contributed by atoms with Crippen molar-refractivity contribution in [1.29, 1.82) is 0 Å². The number of rotatable bonds is 3. The van der Waals surface area contributed by atoms with E-state index in [-0.39, 0.29) is 5.41 Å². The molecule has 1 aromatic carbocycles. The third kappa shape index (κ3) is 3.01. The van der Waals surface area contributed by atoms with Crippen LogP contribution in [0.25, 0.3) is 0 Å². The average molecular weight is 335 g/mol. The summed E-state index contributed by atoms with van der Waals surface area (Å²) in [6.07, 6.45) is 1.89. The molecule has 2 saturated heterocycles. The minimum absolute atomic E-state index is 0.213. The van der Waals surface area contributed by atoms with Gasteiger partial charge in [-0.2, -0.15) is 0 Å². The molecule has 2 aliphatic rings. The van der Waals surface area contributed by atoms with E-state index < -0.39 is 0 Å². The molecule has 0 bridgehead atoms. The fraction of sp³-hybridized carbons (Fsp3) is 0.429. The second-order valence-corrected chi connectivity index (χ2v) is 7.55. The number of hydrogen-bond donors (Lipinski definition) is 0. The number of amides is 1. The van der Waals surface area contributed by atoms with Gasteiger partial charge in [-0.3, -0.25) is 4.79 Å². The van der Waals surface area contributed by atoms with E-state index in [0.717, 1.165) is 50.5 Å². The fourth-order valence-electron chi connectivity index (χ4n) is 4.23. The van der Waals surface area contributed by atoms with E-state index in [4.69, 9.17) is 0 Å². The van der Waals surface area contributed by atoms with Crippen molar-refractivity contribution in [3.8, 4) is 0 Å². The van der Waals surface area contributed by atoms with Crippen molar-refractivity contribution in [2.24, 2.45) is 5.41 Å². The van der Waals surface area contributed by atoms with Crippen molar-refractivity contribution in [1.82, 2.24) is 9.88 Å². The number of nitrogens with zero attached hydrogens (tertiary/aromatic N) is 3. The maximum absolute atomic E-state index is 13.1. The summed E-state index contributed by atoms with van der Waals surface area (Å²) in [6, 6.07) is 14.6. The first kappa shape index (κ1) is 16.1. The summed E-state index contributed by atoms with van der Waals surface area (Å²) in [6.45, 7) is 7.42. The van der Waals surface area contributed by atoms with Gasteiger partial charge < -0.3 is 9.80 Å². The van der Waals surface area contributed by atoms with E-state index in [1.54, 1.807) is 0 Å². The molecule has 1 unspecified atom stereocenters. The van der Waals surface area contributed by atoms with Crippen molar-refractivity contribution < 1.29 is 4.79 Å². The van der Waals surface area contributed by atoms with Crippen LogP contribution in [0.5, 0.6) is 0 Å². The maximum Gasteiger partial charge on any atom is 0.231 e. The van der Waals surface area contributed by atoms with Gasteiger partial charge in [0.1, 0.15) is 5.82 Å². The third-order valence-electron chi connectivity index (χ3n) is 5.61. The van der Waals surface area contributed by atoms with Crippen LogP contribution in [0.15, 0.2) is 42.5 Å². The molecule has 25 heavy (non-hydrogen) atoms. The highest BCUT2D eigenvalue weighted by atomic mass is 16.2. The molecule has 1 atom stereocenters. The van der Waals surface area contributed by atoms with E-state index in [1.807, 2.05) is 24.0 Å². The van der Waals surface area contributed by atoms with E-state index >= 15 is 0 Å². The highest BCUT2D eigenvalue weighted by Crippen LogP contribution is 2.42. The van der Waals surface area contributed by atoms with Gasteiger partial charge in [0.2, 0.25) is 5.91 Å². The van der Waals surface area contributed by atoms with E-state index in [1.165, 1.54) is 11.1 Å². The Kier molecular flexibility index (Phi) is 3.98. The molecule has 2 fully saturated rings. The number of carbonyl (C=O) groups is 1. The lowest BCUT2D eigenvalue weighted by Gasteiger charge is -2.24. The highest BCUT2D eigenvalue weighted by Gasteiger charge is 2.50. The molecule has 0 aliphatic carbocycles. The summed E-state index contributed by atoms with van der Waals surface area (Å²) in [7, 11) is 0. The first-order valence-corrected chi connectivity index (χ1v) is 9.09. The average Bonchev–Trinajstić information content (AvgIpc) is 3.15. The van der Waals surface area contributed by atoms with Crippen LogP contribution in [0.2, 0.25) is 0 Å². The van der Waals surface area contributed by atoms with Crippen LogP contribution >= 0.6 is 0 Å². The van der Waals surface area contributed by atoms with Crippen LogP contribution in [0.1, 0.15) is 29.7 Å². The van der Waals surface area contributed by atoms with Crippen LogP contribution < -0.4 is 4.90 Å². The number of carbonyl (C=O) groups excluding carboxylic acids is 1. The SMILES string of the molecule is Cc1cccc(CN2CCC3(CCN(c4cccc(C)n4)C3)C2=O)c1. The quantitative estimate of drug-likeness (QED) is 0.863. The van der Waals surface area contributed by atoms with Crippen molar-refractivity contribution in [2.45, 2.75) is 33.2 Å². The molecule has 4 nitrogen and oxygen atoms in total. The Balaban J connectivity index is 1.48. The Hall–Kier alpha value is -2.36. The van der Waals surface area contributed by atoms with Gasteiger partial charge in [0.25, 0.3) is 0 Å². The molecular formula is C21H25N3O. The predicted octanol–water partition coefficient (Wildman–Crippen LogP) is 3.33. The van der Waals surface area contributed by atoms with Gasteiger partial charge in [-0.1, -0.05) is 35.9 Å². The van der Waals surface area contributed by atoms with Gasteiger partial charge in [0.05, 0.1) is 5.41 Å². The molecule has 0 N–H and O–H groups in total. The smallest absolute Gasteiger partial charge is 0.231 e. The first-order chi connectivity index (χ1) is 12.1. The van der Waals surface area contributed by atoms with Gasteiger partial charge in [0, 0.05) is 31.9 Å². The van der Waals surface area contributed by atoms with Gasteiger partial charge in [-0.05, 0) is 44.4 Å². The summed E-state index contributed by atoms with van der Waals surface area (Å²) in [5.41, 5.74) is 3.28. The standard InChI is InChI=1S/C21H25N3O/c1-16-5-3-7-18(13-16)14-23-11-9-21(20(23)25)10-12-24(15-21)19-8-4-6-17(2)22-19/h3-8,13H,9-12,14-15H2,1-2H3. The summed E-state index contributed by atoms with van der Waals surface area (Å²) in [5.74, 6) is 1.32. The lowest BCUT2D eigenvalue weighted by molar-refractivity contribution is -0.135. The molecule has 0 radical (unpaired) electrons. The molecule has 4 heteroatoms. The number of likely N-dealkylation sites (tertiary alicyclic amines) is 1. The zero-order valence-corrected chi connectivity index (χ0v) is 15.0. The molecule has 3 heterocycles. The van der Waals surface area contributed by atoms with Gasteiger partial charge in [-0.25, -0.2) is 4.98 Å². The molecule has 0 saturated carbocycles. The first-order valence-electron chi connectivity index (χ1n) is 9.09. The van der Waals surface area contributed by atoms with E-state index in [9.17, 15) is 4.79 Å². The predicted molar refractivity (Wildman–Crippen MR) is 99.5 cm³/mol. The Morgan fingerprint density at radius 2 is 1.88 bits per heavy atom. The molecule has 4 rings (SSSR count). The van der Waals surface area contributed by atoms with Crippen LogP contribution in [0.3, 0.4) is 0 Å². The molecule has 1 amide bonds. The Labute approximate surface area is 149 Å². The Morgan fingerprint density at radius 1 is 1.08 bits per heavy atom. The second kappa shape index (κ2) is 6.17. The van der Waals surface area contributed by atoms with E-state index in [0.29, 0.717) is 5.91 Å². The molecule has 130 valence electrons. The molecule has 2 aromatic rings. The zero-order chi connectivity index (χ0) is 17.4. The summed E-state index contributed by atoms with van der Waals surface area (Å²) < 4.78 is 0. The fourth-order valence-corrected chi connectivity index (χ4v) is 4.23. The van der Waals surface area contributed by atoms with Crippen LogP contribution in [0, 0.1) is 19.3 Å². The van der Waals surface area contributed by atoms with Gasteiger partial charge in [-0.15, -0.1) is 0 Å². The minimum atomic E-state index is -0.213. The van der Waals surface area contributed by atoms with Crippen molar-refractivity contribution in [3.05, 3.63) is 59.3 Å². The van der Waals surface area contributed by atoms with Crippen LogP contribution in [0.4, 0.5) is 5.82 Å². The number of benzene rings is 1. The van der Waals surface area contributed by atoms with Gasteiger partial charge in [0.15, 0.2) is 0 Å². The number of aromatic nitrogens is 1. The zero-order valence-electron chi connectivity index (χ0n) is 15.0. The number of pyridine rings is 1. The lowest BCUT2D eigenvalue weighted by atomic mass is 9.85. The topological polar surface area (TPSA) is 36.4 Å². The molecule has 1 aromatic heterocycles. The number of aryl methyl sites for hydroxylation is 2. The largest absolute Gasteiger partial charge is 0.355 e. The number of hydrogen-bond acceptors (Lipinski definition) is 3. The van der Waals surface area contributed by atoms with E-state index in [2.05, 4.69) is 47.1 Å². The molecular weight excluding hydrogens is 310 g/mol. The maximum atomic E-state index is 13.1. The van der Waals surface area contributed by atoms with Crippen molar-refractivity contribution >= 4 is 11.7 Å². The highest BCUT2D eigenvalue weighted by molar-refractivity contribution is 5.86. The number of anilines is 1. The molecule has 1 spiro atoms. The molecule has 2 aliphatic heterocycles. The normalized spacial score (nSPS) is 23.0. The van der Waals surface area contributed by atoms with Crippen LogP contribution in [-0.2, 0) is 11.3 Å². The Morgan fingerprint density at radius 3 is 2.68 bits per heavy atom. The van der Waals surface area contributed by atoms with Gasteiger partial charge >= 0.3 is 0 Å². The Bertz CT molecular complexity index is 803.